The molecule has 260 valence electrons. The normalized spacial score (nSPS) is 16.1. The number of urea groups is 1. The van der Waals surface area contributed by atoms with Crippen molar-refractivity contribution in [2.24, 2.45) is 0 Å². The van der Waals surface area contributed by atoms with Crippen LogP contribution in [0.25, 0.3) is 0 Å². The molecule has 0 bridgehead atoms. The number of fused-ring (bicyclic) bond motifs is 1. The number of aryl methyl sites for hydroxylation is 2. The van der Waals surface area contributed by atoms with Crippen LogP contribution < -0.4 is 25.6 Å². The molecule has 1 aliphatic rings. The second-order valence-corrected chi connectivity index (χ2v) is 15.1. The van der Waals surface area contributed by atoms with Gasteiger partial charge in [0.2, 0.25) is 11.8 Å². The molecule has 0 unspecified atom stereocenters. The van der Waals surface area contributed by atoms with Gasteiger partial charge in [-0.25, -0.2) is 17.9 Å². The summed E-state index contributed by atoms with van der Waals surface area (Å²) in [5.74, 6) is -1.97. The molecule has 4 N–H and O–H groups in total. The van der Waals surface area contributed by atoms with Crippen LogP contribution >= 0.6 is 0 Å². The third-order valence-electron chi connectivity index (χ3n) is 8.20. The molecule has 0 fully saturated rings. The molecule has 1 aliphatic heterocycles. The molecule has 1 heterocycles. The number of carbonyl (C=O) groups excluding carboxylic acids is 4. The average molecular weight is 696 g/mol. The maximum atomic E-state index is 14.3. The Morgan fingerprint density at radius 1 is 0.860 bits per heavy atom. The zero-order chi connectivity index (χ0) is 36.2. The largest absolute Gasteiger partial charge is 0.350 e. The Morgan fingerprint density at radius 3 is 2.26 bits per heavy atom. The van der Waals surface area contributed by atoms with Crippen LogP contribution in [0, 0.1) is 13.8 Å². The van der Waals surface area contributed by atoms with Crippen LogP contribution in [0.5, 0.6) is 0 Å². The van der Waals surface area contributed by atoms with Gasteiger partial charge in [0.05, 0.1) is 4.90 Å². The molecule has 4 aromatic carbocycles. The SMILES string of the molecule is Cc1ccc2c(c1)N(CC(=O)NC(C)(C)C)C(=O)[C@H](NC(=O)Nc1cccc(C(=O)NS(=O)(=O)c3ccccc3C)c1)C[C@@H]2c1ccccc1. The smallest absolute Gasteiger partial charge is 0.319 e. The van der Waals surface area contributed by atoms with Gasteiger partial charge >= 0.3 is 6.03 Å². The highest BCUT2D eigenvalue weighted by molar-refractivity contribution is 7.90. The van der Waals surface area contributed by atoms with Crippen molar-refractivity contribution in [3.05, 3.63) is 125 Å². The number of hydrogen-bond donors (Lipinski definition) is 4. The lowest BCUT2D eigenvalue weighted by Crippen LogP contribution is -2.53. The van der Waals surface area contributed by atoms with Gasteiger partial charge in [-0.2, -0.15) is 0 Å². The minimum Gasteiger partial charge on any atom is -0.350 e. The number of sulfonamides is 1. The molecule has 12 heteroatoms. The molecule has 0 aliphatic carbocycles. The van der Waals surface area contributed by atoms with Gasteiger partial charge in [-0.3, -0.25) is 14.4 Å². The topological polar surface area (TPSA) is 154 Å². The molecule has 5 rings (SSSR count). The Labute approximate surface area is 292 Å². The Kier molecular flexibility index (Phi) is 10.4. The van der Waals surface area contributed by atoms with E-state index in [1.807, 2.05) is 76.2 Å². The monoisotopic (exact) mass is 695 g/mol. The predicted molar refractivity (Wildman–Crippen MR) is 193 cm³/mol. The highest BCUT2D eigenvalue weighted by atomic mass is 32.2. The van der Waals surface area contributed by atoms with E-state index in [4.69, 9.17) is 0 Å². The molecular weight excluding hydrogens is 655 g/mol. The van der Waals surface area contributed by atoms with Crippen molar-refractivity contribution in [1.29, 1.82) is 0 Å². The van der Waals surface area contributed by atoms with E-state index in [0.717, 1.165) is 16.7 Å². The van der Waals surface area contributed by atoms with Crippen molar-refractivity contribution < 1.29 is 27.6 Å². The standard InChI is InChI=1S/C38H41N5O6S/c1-24-18-19-29-30(26-13-7-6-8-14-26)22-31(36(46)43(32(29)20-24)23-34(44)41-38(3,4)5)40-37(47)39-28-16-11-15-27(21-28)35(45)42-50(48,49)33-17-10-9-12-25(33)2/h6-21,30-31H,22-23H2,1-5H3,(H,41,44)(H,42,45)(H2,39,40,47)/t30-,31-/m1/s1. The quantitative estimate of drug-likeness (QED) is 0.194. The van der Waals surface area contributed by atoms with Gasteiger partial charge < -0.3 is 20.9 Å². The first kappa shape index (κ1) is 35.8. The van der Waals surface area contributed by atoms with Crippen LogP contribution in [0.15, 0.2) is 102 Å². The maximum absolute atomic E-state index is 14.3. The van der Waals surface area contributed by atoms with E-state index >= 15 is 0 Å². The van der Waals surface area contributed by atoms with Crippen molar-refractivity contribution in [1.82, 2.24) is 15.4 Å². The van der Waals surface area contributed by atoms with E-state index < -0.39 is 39.4 Å². The van der Waals surface area contributed by atoms with E-state index in [0.29, 0.717) is 11.3 Å². The summed E-state index contributed by atoms with van der Waals surface area (Å²) in [4.78, 5) is 55.4. The molecular formula is C38H41N5O6S. The van der Waals surface area contributed by atoms with Gasteiger partial charge in [-0.1, -0.05) is 66.7 Å². The van der Waals surface area contributed by atoms with Crippen LogP contribution in [0.3, 0.4) is 0 Å². The van der Waals surface area contributed by atoms with E-state index in [1.54, 1.807) is 25.1 Å². The Hall–Kier alpha value is -5.49. The molecule has 50 heavy (non-hydrogen) atoms. The van der Waals surface area contributed by atoms with Crippen LogP contribution in [-0.2, 0) is 19.6 Å². The second kappa shape index (κ2) is 14.6. The summed E-state index contributed by atoms with van der Waals surface area (Å²) in [7, 11) is -4.15. The van der Waals surface area contributed by atoms with Gasteiger partial charge in [0.25, 0.3) is 15.9 Å². The first-order valence-corrected chi connectivity index (χ1v) is 17.7. The number of carbonyl (C=O) groups is 4. The van der Waals surface area contributed by atoms with Crippen molar-refractivity contribution in [2.45, 2.75) is 63.4 Å². The fourth-order valence-electron chi connectivity index (χ4n) is 6.00. The number of hydrogen-bond acceptors (Lipinski definition) is 6. The fourth-order valence-corrected chi connectivity index (χ4v) is 7.22. The Bertz CT molecular complexity index is 2040. The van der Waals surface area contributed by atoms with Crippen LogP contribution in [0.2, 0.25) is 0 Å². The summed E-state index contributed by atoms with van der Waals surface area (Å²) in [6.45, 7) is 8.86. The summed E-state index contributed by atoms with van der Waals surface area (Å²) in [6.07, 6.45) is 0.211. The Morgan fingerprint density at radius 2 is 1.56 bits per heavy atom. The minimum absolute atomic E-state index is 0.00324. The number of rotatable bonds is 8. The molecule has 4 aromatic rings. The van der Waals surface area contributed by atoms with Gasteiger partial charge in [0.1, 0.15) is 12.6 Å². The predicted octanol–water partition coefficient (Wildman–Crippen LogP) is 5.40. The Balaban J connectivity index is 1.40. The van der Waals surface area contributed by atoms with Crippen LogP contribution in [-0.4, -0.2) is 50.3 Å². The zero-order valence-electron chi connectivity index (χ0n) is 28.6. The molecule has 2 atom stereocenters. The van der Waals surface area contributed by atoms with Gasteiger partial charge in [0, 0.05) is 28.4 Å². The van der Waals surface area contributed by atoms with E-state index in [-0.39, 0.29) is 40.9 Å². The van der Waals surface area contributed by atoms with Gasteiger partial charge in [-0.15, -0.1) is 0 Å². The van der Waals surface area contributed by atoms with E-state index in [1.165, 1.54) is 35.2 Å². The zero-order valence-corrected chi connectivity index (χ0v) is 29.4. The minimum atomic E-state index is -4.15. The third-order valence-corrected chi connectivity index (χ3v) is 9.70. The van der Waals surface area contributed by atoms with Crippen molar-refractivity contribution >= 4 is 45.2 Å². The number of nitrogens with zero attached hydrogens (tertiary/aromatic N) is 1. The van der Waals surface area contributed by atoms with Gasteiger partial charge in [0.15, 0.2) is 0 Å². The number of nitrogens with one attached hydrogen (secondary N) is 4. The first-order valence-electron chi connectivity index (χ1n) is 16.2. The first-order chi connectivity index (χ1) is 23.6. The third kappa shape index (κ3) is 8.56. The van der Waals surface area contributed by atoms with Crippen molar-refractivity contribution in [3.8, 4) is 0 Å². The number of benzene rings is 4. The lowest BCUT2D eigenvalue weighted by molar-refractivity contribution is -0.125. The summed E-state index contributed by atoms with van der Waals surface area (Å²) in [5.41, 5.74) is 3.44. The number of amides is 5. The van der Waals surface area contributed by atoms with Crippen LogP contribution in [0.1, 0.15) is 65.7 Å². The van der Waals surface area contributed by atoms with Crippen molar-refractivity contribution in [2.75, 3.05) is 16.8 Å². The number of anilines is 2. The average Bonchev–Trinajstić information content (AvgIpc) is 3.15. The molecule has 5 amide bonds. The fraction of sp³-hybridized carbons (Fsp3) is 0.263. The summed E-state index contributed by atoms with van der Waals surface area (Å²) < 4.78 is 27.9. The molecule has 0 saturated carbocycles. The van der Waals surface area contributed by atoms with E-state index in [2.05, 4.69) is 20.7 Å². The second-order valence-electron chi connectivity index (χ2n) is 13.4. The molecule has 11 nitrogen and oxygen atoms in total. The lowest BCUT2D eigenvalue weighted by atomic mass is 9.85. The van der Waals surface area contributed by atoms with Gasteiger partial charge in [-0.05, 0) is 93.6 Å². The van der Waals surface area contributed by atoms with Crippen LogP contribution in [0.4, 0.5) is 16.2 Å². The van der Waals surface area contributed by atoms with Crippen molar-refractivity contribution in [3.63, 3.8) is 0 Å². The summed E-state index contributed by atoms with van der Waals surface area (Å²) in [5, 5.41) is 8.40. The summed E-state index contributed by atoms with van der Waals surface area (Å²) in [6, 6.07) is 25.8. The maximum Gasteiger partial charge on any atom is 0.319 e. The molecule has 0 radical (unpaired) electrons. The molecule has 0 aromatic heterocycles. The molecule has 0 spiro atoms. The molecule has 0 saturated heterocycles. The highest BCUT2D eigenvalue weighted by Crippen LogP contribution is 2.39. The lowest BCUT2D eigenvalue weighted by Gasteiger charge is -2.28. The highest BCUT2D eigenvalue weighted by Gasteiger charge is 2.38. The summed E-state index contributed by atoms with van der Waals surface area (Å²) >= 11 is 0. The van der Waals surface area contributed by atoms with E-state index in [9.17, 15) is 27.6 Å².